The van der Waals surface area contributed by atoms with Gasteiger partial charge in [-0.3, -0.25) is 4.79 Å². The first kappa shape index (κ1) is 31.5. The van der Waals surface area contributed by atoms with E-state index < -0.39 is 25.7 Å². The van der Waals surface area contributed by atoms with Gasteiger partial charge < -0.3 is 5.11 Å². The Labute approximate surface area is 191 Å². The van der Waals surface area contributed by atoms with Crippen LogP contribution in [0, 0.1) is 0 Å². The summed E-state index contributed by atoms with van der Waals surface area (Å²) in [7, 11) is 0. The molecule has 0 aromatic rings. The molecule has 175 valence electrons. The van der Waals surface area contributed by atoms with Crippen LogP contribution in [-0.4, -0.2) is 30.8 Å². The minimum absolute atomic E-state index is 0.833. The molecule has 0 bridgehead atoms. The van der Waals surface area contributed by atoms with Crippen LogP contribution in [0.3, 0.4) is 0 Å². The Kier molecular flexibility index (Phi) is 30.7. The maximum atomic E-state index is 9.00. The Morgan fingerprint density at radius 1 is 0.517 bits per heavy atom. The quantitative estimate of drug-likeness (QED) is 0.121. The van der Waals surface area contributed by atoms with E-state index in [1.165, 1.54) is 96.3 Å². The number of aliphatic carboxylic acids is 1. The molecule has 0 aliphatic carbocycles. The normalized spacial score (nSPS) is 10.8. The minimum atomic E-state index is -1.02. The van der Waals surface area contributed by atoms with Gasteiger partial charge in [0.25, 0.3) is 5.97 Å². The Morgan fingerprint density at radius 2 is 0.724 bits per heavy atom. The van der Waals surface area contributed by atoms with E-state index in [2.05, 4.69) is 20.8 Å². The van der Waals surface area contributed by atoms with Crippen molar-refractivity contribution in [3.05, 3.63) is 0 Å². The molecule has 0 fully saturated rings. The average Bonchev–Trinajstić information content (AvgIpc) is 2.68. The molecular weight excluding hydrogens is 463 g/mol. The van der Waals surface area contributed by atoms with Crippen LogP contribution in [0.5, 0.6) is 0 Å². The zero-order valence-corrected chi connectivity index (χ0v) is 23.6. The fraction of sp³-hybridized carbons (Fsp3) is 0.962. The van der Waals surface area contributed by atoms with Crippen molar-refractivity contribution in [2.45, 2.75) is 157 Å². The summed E-state index contributed by atoms with van der Waals surface area (Å²) in [4.78, 5) is 9.00. The number of carboxylic acids is 1. The molecular formula is C26H55O2Sn. The van der Waals surface area contributed by atoms with Crippen molar-refractivity contribution < 1.29 is 9.90 Å². The molecule has 0 rings (SSSR count). The van der Waals surface area contributed by atoms with Crippen molar-refractivity contribution in [1.82, 2.24) is 0 Å². The van der Waals surface area contributed by atoms with Gasteiger partial charge in [-0.05, 0) is 0 Å². The van der Waals surface area contributed by atoms with Crippen LogP contribution in [0.4, 0.5) is 0 Å². The van der Waals surface area contributed by atoms with Crippen LogP contribution in [0.2, 0.25) is 13.3 Å². The number of hydrogen-bond donors (Lipinski definition) is 1. The predicted molar refractivity (Wildman–Crippen MR) is 134 cm³/mol. The first-order chi connectivity index (χ1) is 14.1. The van der Waals surface area contributed by atoms with E-state index in [-0.39, 0.29) is 0 Å². The van der Waals surface area contributed by atoms with Gasteiger partial charge in [0, 0.05) is 6.92 Å². The summed E-state index contributed by atoms with van der Waals surface area (Å²) in [5, 5.41) is 7.42. The summed E-state index contributed by atoms with van der Waals surface area (Å²) >= 11 is -1.02. The molecule has 0 aliphatic rings. The summed E-state index contributed by atoms with van der Waals surface area (Å²) in [6, 6.07) is 0. The molecule has 1 radical (unpaired) electrons. The molecule has 0 aliphatic heterocycles. The van der Waals surface area contributed by atoms with E-state index >= 15 is 0 Å². The number of rotatable bonds is 21. The summed E-state index contributed by atoms with van der Waals surface area (Å²) < 4.78 is 5.16. The van der Waals surface area contributed by atoms with Gasteiger partial charge in [-0.25, -0.2) is 0 Å². The zero-order chi connectivity index (χ0) is 22.0. The molecule has 0 atom stereocenters. The number of hydrogen-bond acceptors (Lipinski definition) is 1. The summed E-state index contributed by atoms with van der Waals surface area (Å²) in [6.07, 6.45) is 26.9. The Hall–Kier alpha value is 0.269. The van der Waals surface area contributed by atoms with Crippen molar-refractivity contribution in [3.8, 4) is 0 Å². The molecule has 0 saturated heterocycles. The SMILES string of the molecule is CC(=O)O.CCCCCCC[CH2][Sn]([CH2]CCCCCCC)[CH2]CCCCCCC. The van der Waals surface area contributed by atoms with Crippen LogP contribution in [0.1, 0.15) is 143 Å². The fourth-order valence-corrected chi connectivity index (χ4v) is 12.4. The summed E-state index contributed by atoms with van der Waals surface area (Å²) in [5.74, 6) is -0.833. The molecule has 0 heterocycles. The zero-order valence-electron chi connectivity index (χ0n) is 20.7. The average molecular weight is 518 g/mol. The van der Waals surface area contributed by atoms with Crippen LogP contribution >= 0.6 is 0 Å². The Morgan fingerprint density at radius 3 is 0.966 bits per heavy atom. The molecule has 1 N–H and O–H groups in total. The predicted octanol–water partition coefficient (Wildman–Crippen LogP) is 9.65. The number of unbranched alkanes of at least 4 members (excludes halogenated alkanes) is 15. The second-order valence-electron chi connectivity index (χ2n) is 8.82. The third kappa shape index (κ3) is 33.1. The molecule has 0 spiro atoms. The van der Waals surface area contributed by atoms with Gasteiger partial charge in [0.1, 0.15) is 0 Å². The van der Waals surface area contributed by atoms with Gasteiger partial charge >= 0.3 is 169 Å². The van der Waals surface area contributed by atoms with Crippen molar-refractivity contribution in [2.24, 2.45) is 0 Å². The Bertz CT molecular complexity index is 265. The number of carboxylic acid groups (broad SMARTS) is 1. The van der Waals surface area contributed by atoms with E-state index in [4.69, 9.17) is 9.90 Å². The van der Waals surface area contributed by atoms with Crippen LogP contribution < -0.4 is 0 Å². The van der Waals surface area contributed by atoms with Crippen molar-refractivity contribution in [3.63, 3.8) is 0 Å². The molecule has 2 nitrogen and oxygen atoms in total. The second kappa shape index (κ2) is 28.3. The Balaban J connectivity index is 0. The van der Waals surface area contributed by atoms with Crippen molar-refractivity contribution in [2.75, 3.05) is 0 Å². The first-order valence-electron chi connectivity index (χ1n) is 13.1. The third-order valence-electron chi connectivity index (χ3n) is 5.65. The van der Waals surface area contributed by atoms with Crippen molar-refractivity contribution in [1.29, 1.82) is 0 Å². The van der Waals surface area contributed by atoms with Gasteiger partial charge in [-0.1, -0.05) is 0 Å². The van der Waals surface area contributed by atoms with Crippen LogP contribution in [0.15, 0.2) is 0 Å². The standard InChI is InChI=1S/3C8H17.C2H4O2.Sn/c3*1-3-5-7-8-6-4-2;1-2(3)4;/h3*1,3-8H2,2H3;1H3,(H,3,4);. The first-order valence-corrected chi connectivity index (χ1v) is 19.2. The summed E-state index contributed by atoms with van der Waals surface area (Å²) in [5.41, 5.74) is 0. The van der Waals surface area contributed by atoms with E-state index in [1.54, 1.807) is 32.6 Å². The van der Waals surface area contributed by atoms with Gasteiger partial charge in [-0.2, -0.15) is 0 Å². The van der Waals surface area contributed by atoms with Crippen LogP contribution in [0.25, 0.3) is 0 Å². The molecule has 0 aromatic carbocycles. The van der Waals surface area contributed by atoms with Gasteiger partial charge in [0.15, 0.2) is 0 Å². The van der Waals surface area contributed by atoms with Crippen LogP contribution in [-0.2, 0) is 4.79 Å². The van der Waals surface area contributed by atoms with Gasteiger partial charge in [0.05, 0.1) is 0 Å². The molecule has 3 heteroatoms. The topological polar surface area (TPSA) is 37.3 Å². The van der Waals surface area contributed by atoms with E-state index in [0.717, 1.165) is 6.92 Å². The van der Waals surface area contributed by atoms with Gasteiger partial charge in [-0.15, -0.1) is 0 Å². The van der Waals surface area contributed by atoms with Crippen molar-refractivity contribution >= 4 is 25.7 Å². The van der Waals surface area contributed by atoms with E-state index in [0.29, 0.717) is 0 Å². The van der Waals surface area contributed by atoms with E-state index in [1.807, 2.05) is 0 Å². The maximum absolute atomic E-state index is 9.00. The van der Waals surface area contributed by atoms with Gasteiger partial charge in [0.2, 0.25) is 0 Å². The third-order valence-corrected chi connectivity index (χ3v) is 14.7. The molecule has 0 amide bonds. The van der Waals surface area contributed by atoms with E-state index in [9.17, 15) is 0 Å². The monoisotopic (exact) mass is 519 g/mol. The molecule has 29 heavy (non-hydrogen) atoms. The molecule has 0 unspecified atom stereocenters. The second-order valence-corrected chi connectivity index (χ2v) is 17.4. The number of carbonyl (C=O) groups is 1. The fourth-order valence-electron chi connectivity index (χ4n) is 3.84. The summed E-state index contributed by atoms with van der Waals surface area (Å²) in [6.45, 7) is 8.06. The molecule has 0 saturated carbocycles. The molecule has 0 aromatic heterocycles.